The van der Waals surface area contributed by atoms with Crippen molar-refractivity contribution in [1.82, 2.24) is 4.90 Å². The van der Waals surface area contributed by atoms with E-state index in [4.69, 9.17) is 4.74 Å². The first-order valence-electron chi connectivity index (χ1n) is 9.18. The quantitative estimate of drug-likeness (QED) is 0.722. The van der Waals surface area contributed by atoms with Crippen molar-refractivity contribution < 1.29 is 9.53 Å². The van der Waals surface area contributed by atoms with Gasteiger partial charge in [-0.1, -0.05) is 43.2 Å². The summed E-state index contributed by atoms with van der Waals surface area (Å²) >= 11 is 1.89. The van der Waals surface area contributed by atoms with E-state index in [0.717, 1.165) is 16.3 Å². The predicted octanol–water partition coefficient (Wildman–Crippen LogP) is 5.26. The van der Waals surface area contributed by atoms with Gasteiger partial charge in [0, 0.05) is 17.2 Å². The number of nitrogens with one attached hydrogen (secondary N) is 1. The van der Waals surface area contributed by atoms with Crippen LogP contribution in [-0.2, 0) is 0 Å². The van der Waals surface area contributed by atoms with Crippen LogP contribution in [0.4, 0.5) is 10.5 Å². The first-order chi connectivity index (χ1) is 12.7. The smallest absolute Gasteiger partial charge is 0.321 e. The molecule has 1 aliphatic carbocycles. The van der Waals surface area contributed by atoms with Crippen LogP contribution in [0.3, 0.4) is 0 Å². The third kappa shape index (κ3) is 5.43. The zero-order chi connectivity index (χ0) is 18.2. The van der Waals surface area contributed by atoms with E-state index in [9.17, 15) is 4.79 Å². The second-order valence-electron chi connectivity index (χ2n) is 6.53. The maximum absolute atomic E-state index is 12.5. The number of anilines is 1. The largest absolute Gasteiger partial charge is 0.492 e. The van der Waals surface area contributed by atoms with Crippen LogP contribution in [0, 0.1) is 0 Å². The van der Waals surface area contributed by atoms with Crippen molar-refractivity contribution in [3.8, 4) is 5.75 Å². The number of benzene rings is 2. The van der Waals surface area contributed by atoms with E-state index >= 15 is 0 Å². The second-order valence-corrected chi connectivity index (χ2v) is 7.88. The van der Waals surface area contributed by atoms with Gasteiger partial charge >= 0.3 is 6.03 Å². The lowest BCUT2D eigenvalue weighted by Crippen LogP contribution is -2.34. The Bertz CT molecular complexity index is 702. The Morgan fingerprint density at radius 1 is 1.12 bits per heavy atom. The van der Waals surface area contributed by atoms with Crippen LogP contribution in [0.25, 0.3) is 0 Å². The van der Waals surface area contributed by atoms with Gasteiger partial charge in [-0.3, -0.25) is 0 Å². The highest BCUT2D eigenvalue weighted by molar-refractivity contribution is 8.00. The van der Waals surface area contributed by atoms with Gasteiger partial charge < -0.3 is 15.0 Å². The van der Waals surface area contributed by atoms with Gasteiger partial charge in [-0.05, 0) is 37.1 Å². The Balaban J connectivity index is 1.50. The third-order valence-electron chi connectivity index (χ3n) is 4.51. The highest BCUT2D eigenvalue weighted by Gasteiger charge is 2.18. The molecule has 26 heavy (non-hydrogen) atoms. The molecule has 1 aliphatic rings. The van der Waals surface area contributed by atoms with Gasteiger partial charge in [0.05, 0.1) is 12.2 Å². The standard InChI is InChI=1S/C21H26N2O2S/c1-23(15-16-25-17-9-3-2-4-10-17)21(24)22-19-13-7-8-14-20(19)26-18-11-5-6-12-18/h2-4,7-10,13-14,18H,5-6,11-12,15-16H2,1H3,(H,22,24). The summed E-state index contributed by atoms with van der Waals surface area (Å²) in [6.07, 6.45) is 5.17. The Morgan fingerprint density at radius 2 is 1.81 bits per heavy atom. The van der Waals surface area contributed by atoms with Crippen molar-refractivity contribution in [2.75, 3.05) is 25.5 Å². The van der Waals surface area contributed by atoms with Crippen molar-refractivity contribution in [3.05, 3.63) is 54.6 Å². The molecule has 2 amide bonds. The average Bonchev–Trinajstić information content (AvgIpc) is 3.17. The van der Waals surface area contributed by atoms with Crippen LogP contribution < -0.4 is 10.1 Å². The van der Waals surface area contributed by atoms with Crippen molar-refractivity contribution in [2.24, 2.45) is 0 Å². The molecular formula is C21H26N2O2S. The molecule has 3 rings (SSSR count). The van der Waals surface area contributed by atoms with Gasteiger partial charge in [-0.25, -0.2) is 4.79 Å². The van der Waals surface area contributed by atoms with Crippen LogP contribution in [0.15, 0.2) is 59.5 Å². The molecule has 0 unspecified atom stereocenters. The fourth-order valence-electron chi connectivity index (χ4n) is 2.99. The summed E-state index contributed by atoms with van der Waals surface area (Å²) in [6, 6.07) is 17.6. The first kappa shape index (κ1) is 18.6. The molecule has 1 N–H and O–H groups in total. The number of nitrogens with zero attached hydrogens (tertiary/aromatic N) is 1. The van der Waals surface area contributed by atoms with E-state index in [1.54, 1.807) is 11.9 Å². The summed E-state index contributed by atoms with van der Waals surface area (Å²) in [5.74, 6) is 0.819. The van der Waals surface area contributed by atoms with E-state index in [-0.39, 0.29) is 6.03 Å². The topological polar surface area (TPSA) is 41.6 Å². The molecule has 138 valence electrons. The van der Waals surface area contributed by atoms with Gasteiger partial charge in [0.2, 0.25) is 0 Å². The zero-order valence-electron chi connectivity index (χ0n) is 15.2. The monoisotopic (exact) mass is 370 g/mol. The van der Waals surface area contributed by atoms with Gasteiger partial charge in [-0.15, -0.1) is 11.8 Å². The van der Waals surface area contributed by atoms with E-state index in [0.29, 0.717) is 18.4 Å². The summed E-state index contributed by atoms with van der Waals surface area (Å²) in [7, 11) is 1.79. The minimum absolute atomic E-state index is 0.110. The Morgan fingerprint density at radius 3 is 2.58 bits per heavy atom. The van der Waals surface area contributed by atoms with E-state index in [1.807, 2.05) is 60.3 Å². The second kappa shape index (κ2) is 9.53. The maximum Gasteiger partial charge on any atom is 0.321 e. The fourth-order valence-corrected chi connectivity index (χ4v) is 4.32. The van der Waals surface area contributed by atoms with Crippen molar-refractivity contribution >= 4 is 23.5 Å². The van der Waals surface area contributed by atoms with E-state index in [1.165, 1.54) is 25.7 Å². The molecule has 2 aromatic carbocycles. The molecule has 2 aromatic rings. The zero-order valence-corrected chi connectivity index (χ0v) is 16.0. The molecule has 5 heteroatoms. The summed E-state index contributed by atoms with van der Waals surface area (Å²) < 4.78 is 5.66. The molecule has 0 aliphatic heterocycles. The number of rotatable bonds is 7. The van der Waals surface area contributed by atoms with E-state index < -0.39 is 0 Å². The van der Waals surface area contributed by atoms with Crippen molar-refractivity contribution in [3.63, 3.8) is 0 Å². The minimum Gasteiger partial charge on any atom is -0.492 e. The van der Waals surface area contributed by atoms with Crippen LogP contribution in [0.5, 0.6) is 5.75 Å². The van der Waals surface area contributed by atoms with Crippen LogP contribution in [-0.4, -0.2) is 36.4 Å². The number of carbonyl (C=O) groups is 1. The molecule has 0 bridgehead atoms. The number of hydrogen-bond donors (Lipinski definition) is 1. The first-order valence-corrected chi connectivity index (χ1v) is 10.1. The highest BCUT2D eigenvalue weighted by atomic mass is 32.2. The maximum atomic E-state index is 12.5. The normalized spacial score (nSPS) is 14.2. The lowest BCUT2D eigenvalue weighted by atomic mass is 10.3. The number of ether oxygens (including phenoxy) is 1. The molecule has 0 heterocycles. The summed E-state index contributed by atoms with van der Waals surface area (Å²) in [6.45, 7) is 0.991. The van der Waals surface area contributed by atoms with Crippen molar-refractivity contribution in [1.29, 1.82) is 0 Å². The van der Waals surface area contributed by atoms with Gasteiger partial charge in [0.1, 0.15) is 12.4 Å². The number of likely N-dealkylation sites (N-methyl/N-ethyl adjacent to an activating group) is 1. The molecule has 0 aromatic heterocycles. The molecule has 4 nitrogen and oxygen atoms in total. The minimum atomic E-state index is -0.110. The Hall–Kier alpha value is -2.14. The number of para-hydroxylation sites is 2. The lowest BCUT2D eigenvalue weighted by Gasteiger charge is -2.20. The summed E-state index contributed by atoms with van der Waals surface area (Å²) in [4.78, 5) is 15.3. The number of urea groups is 1. The molecule has 1 fully saturated rings. The van der Waals surface area contributed by atoms with Crippen LogP contribution >= 0.6 is 11.8 Å². The number of carbonyl (C=O) groups excluding carboxylic acids is 1. The predicted molar refractivity (Wildman–Crippen MR) is 108 cm³/mol. The molecule has 0 radical (unpaired) electrons. The van der Waals surface area contributed by atoms with Gasteiger partial charge in [0.15, 0.2) is 0 Å². The van der Waals surface area contributed by atoms with Gasteiger partial charge in [0.25, 0.3) is 0 Å². The van der Waals surface area contributed by atoms with Gasteiger partial charge in [-0.2, -0.15) is 0 Å². The molecule has 0 atom stereocenters. The number of thioether (sulfide) groups is 1. The molecule has 1 saturated carbocycles. The fraction of sp³-hybridized carbons (Fsp3) is 0.381. The number of amides is 2. The summed E-state index contributed by atoms with van der Waals surface area (Å²) in [5.41, 5.74) is 0.894. The van der Waals surface area contributed by atoms with Crippen LogP contribution in [0.2, 0.25) is 0 Å². The Kier molecular flexibility index (Phi) is 6.83. The highest BCUT2D eigenvalue weighted by Crippen LogP contribution is 2.38. The Labute approximate surface area is 159 Å². The van der Waals surface area contributed by atoms with Crippen LogP contribution in [0.1, 0.15) is 25.7 Å². The lowest BCUT2D eigenvalue weighted by molar-refractivity contribution is 0.207. The molecular weight excluding hydrogens is 344 g/mol. The molecule has 0 spiro atoms. The molecule has 0 saturated heterocycles. The van der Waals surface area contributed by atoms with E-state index in [2.05, 4.69) is 11.4 Å². The summed E-state index contributed by atoms with van der Waals surface area (Å²) in [5, 5.41) is 3.71. The SMILES string of the molecule is CN(CCOc1ccccc1)C(=O)Nc1ccccc1SC1CCCC1. The van der Waals surface area contributed by atoms with Crippen molar-refractivity contribution in [2.45, 2.75) is 35.8 Å². The number of hydrogen-bond acceptors (Lipinski definition) is 3. The third-order valence-corrected chi connectivity index (χ3v) is 5.92. The average molecular weight is 371 g/mol.